The number of benzene rings is 1. The molecule has 29 heavy (non-hydrogen) atoms. The van der Waals surface area contributed by atoms with E-state index in [0.717, 1.165) is 45.3 Å². The first-order valence-corrected chi connectivity index (χ1v) is 9.61. The number of hydrogen-bond donors (Lipinski definition) is 1. The Balaban J connectivity index is 1.64. The van der Waals surface area contributed by atoms with E-state index in [1.54, 1.807) is 18.6 Å². The fraction of sp³-hybridized carbons (Fsp3) is 0.333. The number of aromatic nitrogens is 3. The van der Waals surface area contributed by atoms with Gasteiger partial charge in [0.25, 0.3) is 0 Å². The van der Waals surface area contributed by atoms with Crippen LogP contribution in [0.3, 0.4) is 0 Å². The first-order chi connectivity index (χ1) is 14.1. The Labute approximate surface area is 166 Å². The highest BCUT2D eigenvalue weighted by molar-refractivity contribution is 5.78. The average molecular weight is 400 g/mol. The second-order valence-corrected chi connectivity index (χ2v) is 7.01. The molecule has 0 bridgehead atoms. The number of pyridine rings is 1. The summed E-state index contributed by atoms with van der Waals surface area (Å²) in [5.41, 5.74) is 1.82. The quantitative estimate of drug-likeness (QED) is 0.691. The molecule has 0 amide bonds. The van der Waals surface area contributed by atoms with Crippen LogP contribution in [0, 0.1) is 11.6 Å². The number of imidazole rings is 1. The molecule has 1 aliphatic heterocycles. The molecule has 0 unspecified atom stereocenters. The van der Waals surface area contributed by atoms with Crippen molar-refractivity contribution in [2.45, 2.75) is 13.0 Å². The summed E-state index contributed by atoms with van der Waals surface area (Å²) in [5.74, 6) is -1.31. The molecule has 0 spiro atoms. The molecule has 0 saturated carbocycles. The van der Waals surface area contributed by atoms with Gasteiger partial charge in [-0.2, -0.15) is 0 Å². The first-order valence-electron chi connectivity index (χ1n) is 9.61. The van der Waals surface area contributed by atoms with Gasteiger partial charge in [0.15, 0.2) is 0 Å². The lowest BCUT2D eigenvalue weighted by atomic mass is 10.1. The summed E-state index contributed by atoms with van der Waals surface area (Å²) in [4.78, 5) is 20.9. The number of ether oxygens (including phenoxy) is 1. The van der Waals surface area contributed by atoms with Crippen molar-refractivity contribution in [3.8, 4) is 22.5 Å². The lowest BCUT2D eigenvalue weighted by molar-refractivity contribution is 0.0369. The van der Waals surface area contributed by atoms with Crippen LogP contribution >= 0.6 is 0 Å². The molecule has 0 atom stereocenters. The van der Waals surface area contributed by atoms with Crippen LogP contribution in [0.2, 0.25) is 0 Å². The molecule has 0 aliphatic carbocycles. The molecule has 8 heteroatoms. The average Bonchev–Trinajstić information content (AvgIpc) is 3.13. The van der Waals surface area contributed by atoms with E-state index in [-0.39, 0.29) is 11.1 Å². The van der Waals surface area contributed by atoms with Gasteiger partial charge >= 0.3 is 0 Å². The molecule has 1 aliphatic rings. The van der Waals surface area contributed by atoms with Crippen molar-refractivity contribution in [2.24, 2.45) is 0 Å². The number of H-pyrrole nitrogens is 1. The summed E-state index contributed by atoms with van der Waals surface area (Å²) in [5, 5.41) is 0. The molecule has 1 N–H and O–H groups in total. The predicted octanol–water partition coefficient (Wildman–Crippen LogP) is 2.91. The van der Waals surface area contributed by atoms with Crippen molar-refractivity contribution in [3.63, 3.8) is 0 Å². The minimum Gasteiger partial charge on any atom is -0.379 e. The number of rotatable bonds is 6. The number of nitrogens with one attached hydrogen (secondary N) is 1. The Morgan fingerprint density at radius 2 is 1.93 bits per heavy atom. The molecule has 1 saturated heterocycles. The second kappa shape index (κ2) is 8.67. The van der Waals surface area contributed by atoms with Crippen LogP contribution in [0.5, 0.6) is 0 Å². The fourth-order valence-electron chi connectivity index (χ4n) is 3.58. The minimum atomic E-state index is -0.672. The summed E-state index contributed by atoms with van der Waals surface area (Å²) < 4.78 is 35.1. The number of morpholine rings is 1. The van der Waals surface area contributed by atoms with Gasteiger partial charge in [-0.05, 0) is 24.6 Å². The third kappa shape index (κ3) is 4.44. The molecule has 2 aromatic heterocycles. The van der Waals surface area contributed by atoms with Crippen LogP contribution in [0.25, 0.3) is 22.5 Å². The molecule has 6 nitrogen and oxygen atoms in total. The second-order valence-electron chi connectivity index (χ2n) is 7.01. The summed E-state index contributed by atoms with van der Waals surface area (Å²) in [6.45, 7) is 4.95. The molecule has 152 valence electrons. The van der Waals surface area contributed by atoms with E-state index >= 15 is 0 Å². The van der Waals surface area contributed by atoms with E-state index in [2.05, 4.69) is 14.9 Å². The van der Waals surface area contributed by atoms with E-state index < -0.39 is 11.6 Å². The van der Waals surface area contributed by atoms with Crippen molar-refractivity contribution in [3.05, 3.63) is 64.8 Å². The molecule has 0 radical (unpaired) electrons. The largest absolute Gasteiger partial charge is 0.379 e. The number of halogens is 2. The molecule has 1 aromatic carbocycles. The van der Waals surface area contributed by atoms with Crippen molar-refractivity contribution < 1.29 is 13.5 Å². The van der Waals surface area contributed by atoms with Crippen LogP contribution < -0.4 is 5.56 Å². The highest BCUT2D eigenvalue weighted by atomic mass is 19.1. The van der Waals surface area contributed by atoms with Gasteiger partial charge in [0, 0.05) is 55.6 Å². The van der Waals surface area contributed by atoms with Gasteiger partial charge in [0.05, 0.1) is 30.9 Å². The lowest BCUT2D eigenvalue weighted by Gasteiger charge is -2.26. The number of nitrogens with zero attached hydrogens (tertiary/aromatic N) is 3. The van der Waals surface area contributed by atoms with Crippen molar-refractivity contribution in [2.75, 3.05) is 32.8 Å². The maximum Gasteiger partial charge on any atom is 0.247 e. The van der Waals surface area contributed by atoms with Crippen LogP contribution in [-0.2, 0) is 11.3 Å². The van der Waals surface area contributed by atoms with Crippen LogP contribution in [-0.4, -0.2) is 52.3 Å². The van der Waals surface area contributed by atoms with E-state index in [1.807, 2.05) is 4.57 Å². The maximum absolute atomic E-state index is 14.4. The van der Waals surface area contributed by atoms with Gasteiger partial charge in [0.2, 0.25) is 5.56 Å². The van der Waals surface area contributed by atoms with E-state index in [1.165, 1.54) is 18.2 Å². The molecule has 4 rings (SSSR count). The Morgan fingerprint density at radius 1 is 1.10 bits per heavy atom. The fourth-order valence-corrected chi connectivity index (χ4v) is 3.58. The zero-order valence-electron chi connectivity index (χ0n) is 15.9. The van der Waals surface area contributed by atoms with Gasteiger partial charge in [-0.1, -0.05) is 0 Å². The van der Waals surface area contributed by atoms with Gasteiger partial charge in [-0.25, -0.2) is 13.8 Å². The summed E-state index contributed by atoms with van der Waals surface area (Å²) >= 11 is 0. The van der Waals surface area contributed by atoms with Crippen molar-refractivity contribution >= 4 is 0 Å². The Bertz CT molecular complexity index is 1020. The SMILES string of the molecule is O=c1ccc(-c2c(-c3ccc(F)cc3F)ncn2CCCN2CCOCC2)c[nH]1. The highest BCUT2D eigenvalue weighted by Crippen LogP contribution is 2.32. The van der Waals surface area contributed by atoms with Gasteiger partial charge in [-0.3, -0.25) is 9.69 Å². The third-order valence-corrected chi connectivity index (χ3v) is 5.06. The summed E-state index contributed by atoms with van der Waals surface area (Å²) in [7, 11) is 0. The van der Waals surface area contributed by atoms with Gasteiger partial charge < -0.3 is 14.3 Å². The van der Waals surface area contributed by atoms with Gasteiger partial charge in [-0.15, -0.1) is 0 Å². The zero-order chi connectivity index (χ0) is 20.2. The third-order valence-electron chi connectivity index (χ3n) is 5.06. The smallest absolute Gasteiger partial charge is 0.247 e. The maximum atomic E-state index is 14.4. The van der Waals surface area contributed by atoms with Gasteiger partial charge in [0.1, 0.15) is 11.6 Å². The lowest BCUT2D eigenvalue weighted by Crippen LogP contribution is -2.37. The number of aryl methyl sites for hydroxylation is 1. The Morgan fingerprint density at radius 3 is 2.66 bits per heavy atom. The highest BCUT2D eigenvalue weighted by Gasteiger charge is 2.19. The first kappa shape index (κ1) is 19.5. The van der Waals surface area contributed by atoms with Crippen molar-refractivity contribution in [1.29, 1.82) is 0 Å². The predicted molar refractivity (Wildman–Crippen MR) is 106 cm³/mol. The summed E-state index contributed by atoms with van der Waals surface area (Å²) in [6, 6.07) is 6.56. The number of aromatic amines is 1. The van der Waals surface area contributed by atoms with Crippen LogP contribution in [0.4, 0.5) is 8.78 Å². The molecular formula is C21H22F2N4O2. The summed E-state index contributed by atoms with van der Waals surface area (Å²) in [6.07, 6.45) is 4.14. The zero-order valence-corrected chi connectivity index (χ0v) is 15.9. The monoisotopic (exact) mass is 400 g/mol. The number of hydrogen-bond acceptors (Lipinski definition) is 4. The minimum absolute atomic E-state index is 0.221. The van der Waals surface area contributed by atoms with E-state index in [0.29, 0.717) is 23.5 Å². The van der Waals surface area contributed by atoms with Crippen LogP contribution in [0.15, 0.2) is 47.7 Å². The van der Waals surface area contributed by atoms with Crippen molar-refractivity contribution in [1.82, 2.24) is 19.4 Å². The standard InChI is InChI=1S/C21H22F2N4O2/c22-16-3-4-17(18(23)12-16)20-21(15-2-5-19(28)24-13-15)27(14-25-20)7-1-6-26-8-10-29-11-9-26/h2-5,12-14H,1,6-11H2,(H,24,28). The van der Waals surface area contributed by atoms with E-state index in [9.17, 15) is 13.6 Å². The van der Waals surface area contributed by atoms with Crippen LogP contribution in [0.1, 0.15) is 6.42 Å². The Kier molecular flexibility index (Phi) is 5.82. The molecule has 1 fully saturated rings. The van der Waals surface area contributed by atoms with E-state index in [4.69, 9.17) is 4.74 Å². The molecule has 3 aromatic rings. The Hall–Kier alpha value is -2.84. The molecule has 3 heterocycles. The topological polar surface area (TPSA) is 63.1 Å². The molecular weight excluding hydrogens is 378 g/mol. The normalized spacial score (nSPS) is 15.0.